The van der Waals surface area contributed by atoms with Crippen molar-refractivity contribution in [3.8, 4) is 0 Å². The first-order chi connectivity index (χ1) is 9.88. The van der Waals surface area contributed by atoms with Crippen LogP contribution in [0.1, 0.15) is 36.5 Å². The fourth-order valence-electron chi connectivity index (χ4n) is 1.89. The summed E-state index contributed by atoms with van der Waals surface area (Å²) >= 11 is 0. The molecule has 2 rings (SSSR count). The molecule has 0 bridgehead atoms. The van der Waals surface area contributed by atoms with Crippen LogP contribution in [0.25, 0.3) is 5.65 Å². The van der Waals surface area contributed by atoms with Gasteiger partial charge >= 0.3 is 5.97 Å². The van der Waals surface area contributed by atoms with Gasteiger partial charge in [0.1, 0.15) is 0 Å². The van der Waals surface area contributed by atoms with E-state index >= 15 is 0 Å². The number of fused-ring (bicyclic) bond motifs is 1. The average Bonchev–Trinajstić information content (AvgIpc) is 2.78. The monoisotopic (exact) mass is 331 g/mol. The lowest BCUT2D eigenvalue weighted by atomic mass is 10.2. The Morgan fingerprint density at radius 2 is 2.10 bits per heavy atom. The summed E-state index contributed by atoms with van der Waals surface area (Å²) in [6.45, 7) is 3.69. The van der Waals surface area contributed by atoms with E-state index in [1.165, 1.54) is 0 Å². The molecule has 0 radical (unpaired) electrons. The molecule has 0 aliphatic rings. The van der Waals surface area contributed by atoms with Gasteiger partial charge in [0.2, 0.25) is 5.03 Å². The van der Waals surface area contributed by atoms with E-state index in [9.17, 15) is 13.2 Å². The van der Waals surface area contributed by atoms with Gasteiger partial charge < -0.3 is 4.74 Å². The summed E-state index contributed by atoms with van der Waals surface area (Å²) in [7, 11) is 1.22. The molecule has 21 heavy (non-hydrogen) atoms. The number of imidazole rings is 1. The molecule has 2 aromatic heterocycles. The SMILES string of the molecule is CCCc1ccc2nc(C(=O)OCC)c(S(=O)(=O)Cl)n2n1. The fraction of sp³-hybridized carbons (Fsp3) is 0.417. The molecular weight excluding hydrogens is 318 g/mol. The number of hydrogen-bond donors (Lipinski definition) is 0. The van der Waals surface area contributed by atoms with Crippen LogP contribution in [0.4, 0.5) is 0 Å². The molecule has 9 heteroatoms. The second-order valence-corrected chi connectivity index (χ2v) is 6.75. The molecule has 0 aliphatic heterocycles. The summed E-state index contributed by atoms with van der Waals surface area (Å²) in [6, 6.07) is 3.32. The highest BCUT2D eigenvalue weighted by Crippen LogP contribution is 2.22. The highest BCUT2D eigenvalue weighted by Gasteiger charge is 2.29. The van der Waals surface area contributed by atoms with Crippen LogP contribution >= 0.6 is 10.7 Å². The quantitative estimate of drug-likeness (QED) is 0.612. The Kier molecular flexibility index (Phi) is 4.48. The van der Waals surface area contributed by atoms with Crippen molar-refractivity contribution in [2.45, 2.75) is 31.7 Å². The zero-order chi connectivity index (χ0) is 15.6. The topological polar surface area (TPSA) is 90.6 Å². The van der Waals surface area contributed by atoms with Crippen LogP contribution in [0, 0.1) is 0 Å². The molecule has 114 valence electrons. The highest BCUT2D eigenvalue weighted by atomic mass is 35.7. The molecule has 2 aromatic rings. The number of nitrogens with zero attached hydrogens (tertiary/aromatic N) is 3. The number of ether oxygens (including phenoxy) is 1. The Morgan fingerprint density at radius 3 is 2.67 bits per heavy atom. The van der Waals surface area contributed by atoms with Crippen molar-refractivity contribution in [2.24, 2.45) is 0 Å². The minimum absolute atomic E-state index is 0.100. The second kappa shape index (κ2) is 5.98. The molecule has 0 spiro atoms. The second-order valence-electron chi connectivity index (χ2n) is 4.27. The first kappa shape index (κ1) is 15.7. The normalized spacial score (nSPS) is 11.8. The Labute approximate surface area is 126 Å². The standard InChI is InChI=1S/C12H14ClN3O4S/c1-3-5-8-6-7-9-14-10(12(17)20-4-2)11(16(9)15-8)21(13,18)19/h6-7H,3-5H2,1-2H3. The van der Waals surface area contributed by atoms with E-state index in [-0.39, 0.29) is 17.9 Å². The van der Waals surface area contributed by atoms with Gasteiger partial charge in [-0.1, -0.05) is 13.3 Å². The van der Waals surface area contributed by atoms with Crippen molar-refractivity contribution in [1.82, 2.24) is 14.6 Å². The maximum Gasteiger partial charge on any atom is 0.360 e. The van der Waals surface area contributed by atoms with Gasteiger partial charge in [-0.15, -0.1) is 0 Å². The van der Waals surface area contributed by atoms with Gasteiger partial charge in [-0.25, -0.2) is 18.2 Å². The van der Waals surface area contributed by atoms with Gasteiger partial charge in [0, 0.05) is 10.7 Å². The number of halogens is 1. The molecule has 0 fully saturated rings. The maximum atomic E-state index is 11.8. The van der Waals surface area contributed by atoms with Gasteiger partial charge in [-0.3, -0.25) is 0 Å². The lowest BCUT2D eigenvalue weighted by Crippen LogP contribution is -2.11. The van der Waals surface area contributed by atoms with Crippen LogP contribution in [-0.2, 0) is 20.2 Å². The third-order valence-electron chi connectivity index (χ3n) is 2.70. The number of carbonyl (C=O) groups excluding carboxylic acids is 1. The van der Waals surface area contributed by atoms with Crippen molar-refractivity contribution in [3.05, 3.63) is 23.5 Å². The van der Waals surface area contributed by atoms with Crippen molar-refractivity contribution in [2.75, 3.05) is 6.61 Å². The molecule has 0 unspecified atom stereocenters. The summed E-state index contributed by atoms with van der Waals surface area (Å²) in [4.78, 5) is 15.8. The van der Waals surface area contributed by atoms with E-state index in [0.717, 1.165) is 10.9 Å². The molecule has 0 atom stereocenters. The van der Waals surface area contributed by atoms with E-state index in [0.29, 0.717) is 12.1 Å². The Balaban J connectivity index is 2.72. The maximum absolute atomic E-state index is 11.8. The number of aromatic nitrogens is 3. The average molecular weight is 332 g/mol. The summed E-state index contributed by atoms with van der Waals surface area (Å²) in [6.07, 6.45) is 1.52. The Bertz CT molecular complexity index is 785. The lowest BCUT2D eigenvalue weighted by molar-refractivity contribution is 0.0515. The summed E-state index contributed by atoms with van der Waals surface area (Å²) in [5.41, 5.74) is 0.546. The third-order valence-corrected chi connectivity index (χ3v) is 3.96. The molecular formula is C12H14ClN3O4S. The zero-order valence-corrected chi connectivity index (χ0v) is 13.1. The van der Waals surface area contributed by atoms with Crippen molar-refractivity contribution in [1.29, 1.82) is 0 Å². The number of rotatable bonds is 5. The first-order valence-electron chi connectivity index (χ1n) is 6.39. The largest absolute Gasteiger partial charge is 0.461 e. The predicted octanol–water partition coefficient (Wildman–Crippen LogP) is 1.79. The molecule has 0 saturated heterocycles. The molecule has 2 heterocycles. The fourth-order valence-corrected chi connectivity index (χ4v) is 3.01. The smallest absolute Gasteiger partial charge is 0.360 e. The molecule has 0 aliphatic carbocycles. The van der Waals surface area contributed by atoms with Crippen LogP contribution in [0.5, 0.6) is 0 Å². The van der Waals surface area contributed by atoms with Crippen molar-refractivity contribution >= 4 is 31.3 Å². The molecule has 0 amide bonds. The van der Waals surface area contributed by atoms with Crippen LogP contribution in [0.2, 0.25) is 0 Å². The number of hydrogen-bond acceptors (Lipinski definition) is 6. The van der Waals surface area contributed by atoms with Crippen LogP contribution in [0.3, 0.4) is 0 Å². The van der Waals surface area contributed by atoms with Gasteiger partial charge in [-0.2, -0.15) is 9.61 Å². The van der Waals surface area contributed by atoms with Crippen molar-refractivity contribution in [3.63, 3.8) is 0 Å². The highest BCUT2D eigenvalue weighted by molar-refractivity contribution is 8.13. The van der Waals surface area contributed by atoms with E-state index in [4.69, 9.17) is 15.4 Å². The van der Waals surface area contributed by atoms with Crippen LogP contribution < -0.4 is 0 Å². The van der Waals surface area contributed by atoms with Crippen LogP contribution in [0.15, 0.2) is 17.2 Å². The van der Waals surface area contributed by atoms with Gasteiger partial charge in [0.05, 0.1) is 12.3 Å². The summed E-state index contributed by atoms with van der Waals surface area (Å²) in [5.74, 6) is -0.848. The van der Waals surface area contributed by atoms with Crippen LogP contribution in [-0.4, -0.2) is 35.6 Å². The van der Waals surface area contributed by atoms with E-state index in [1.54, 1.807) is 19.1 Å². The summed E-state index contributed by atoms with van der Waals surface area (Å²) < 4.78 is 29.4. The zero-order valence-electron chi connectivity index (χ0n) is 11.5. The predicted molar refractivity (Wildman–Crippen MR) is 76.0 cm³/mol. The van der Waals surface area contributed by atoms with Gasteiger partial charge in [-0.05, 0) is 25.5 Å². The molecule has 0 aromatic carbocycles. The summed E-state index contributed by atoms with van der Waals surface area (Å²) in [5, 5.41) is 3.71. The van der Waals surface area contributed by atoms with E-state index in [1.807, 2.05) is 6.92 Å². The molecule has 0 N–H and O–H groups in total. The van der Waals surface area contributed by atoms with E-state index in [2.05, 4.69) is 10.1 Å². The minimum atomic E-state index is -4.20. The number of aryl methyl sites for hydroxylation is 1. The molecule has 7 nitrogen and oxygen atoms in total. The number of carbonyl (C=O) groups is 1. The Morgan fingerprint density at radius 1 is 1.38 bits per heavy atom. The van der Waals surface area contributed by atoms with Gasteiger partial charge in [0.25, 0.3) is 9.05 Å². The van der Waals surface area contributed by atoms with Crippen molar-refractivity contribution < 1.29 is 17.9 Å². The number of esters is 1. The van der Waals surface area contributed by atoms with Gasteiger partial charge in [0.15, 0.2) is 11.3 Å². The third kappa shape index (κ3) is 3.16. The minimum Gasteiger partial charge on any atom is -0.461 e. The molecule has 0 saturated carbocycles. The lowest BCUT2D eigenvalue weighted by Gasteiger charge is -2.02. The van der Waals surface area contributed by atoms with E-state index < -0.39 is 20.0 Å². The first-order valence-corrected chi connectivity index (χ1v) is 8.69. The Hall–Kier alpha value is -1.67.